The Kier molecular flexibility index (Phi) is 4.19. The Morgan fingerprint density at radius 1 is 1.30 bits per heavy atom. The number of hydrogen-bond acceptors (Lipinski definition) is 3. The number of aromatic nitrogens is 2. The zero-order valence-corrected chi connectivity index (χ0v) is 12.1. The summed E-state index contributed by atoms with van der Waals surface area (Å²) < 4.78 is 7.27. The molecule has 6 heteroatoms. The molecule has 1 fully saturated rings. The Bertz CT molecular complexity index is 667. The highest BCUT2D eigenvalue weighted by Gasteiger charge is 2.38. The molecule has 1 aliphatic heterocycles. The lowest BCUT2D eigenvalue weighted by molar-refractivity contribution is -0.00764. The van der Waals surface area contributed by atoms with Gasteiger partial charge in [-0.25, -0.2) is 4.79 Å². The fourth-order valence-electron chi connectivity index (χ4n) is 2.39. The third-order valence-corrected chi connectivity index (χ3v) is 3.97. The lowest BCUT2D eigenvalue weighted by Crippen LogP contribution is -2.35. The minimum absolute atomic E-state index is 0.0762. The summed E-state index contributed by atoms with van der Waals surface area (Å²) >= 11 is 0. The molecule has 105 valence electrons. The van der Waals surface area contributed by atoms with Crippen molar-refractivity contribution in [3.05, 3.63) is 32.6 Å². The Balaban J connectivity index is 2.47. The third-order valence-electron chi connectivity index (χ3n) is 3.97. The second-order valence-corrected chi connectivity index (χ2v) is 5.22. The molecule has 1 radical (unpaired) electrons. The number of nitrogens with one attached hydrogen (secondary N) is 1. The van der Waals surface area contributed by atoms with Crippen LogP contribution in [-0.2, 0) is 4.74 Å². The van der Waals surface area contributed by atoms with Crippen molar-refractivity contribution in [2.45, 2.75) is 39.9 Å². The highest BCUT2D eigenvalue weighted by Crippen LogP contribution is 2.37. The molecular weight excluding hydrogens is 255 g/mol. The van der Waals surface area contributed by atoms with E-state index in [1.54, 1.807) is 14.1 Å². The van der Waals surface area contributed by atoms with Crippen LogP contribution in [0.25, 0.3) is 0 Å². The van der Waals surface area contributed by atoms with Crippen LogP contribution in [0.1, 0.15) is 32.6 Å². The lowest BCUT2D eigenvalue weighted by Gasteiger charge is -2.18. The van der Waals surface area contributed by atoms with Crippen molar-refractivity contribution in [3.63, 3.8) is 0 Å². The van der Waals surface area contributed by atoms with Gasteiger partial charge in [0.25, 0.3) is 5.56 Å². The van der Waals surface area contributed by atoms with E-state index in [-0.39, 0.29) is 23.8 Å². The van der Waals surface area contributed by atoms with Gasteiger partial charge in [-0.2, -0.15) is 5.82 Å². The maximum atomic E-state index is 12.0. The van der Waals surface area contributed by atoms with Gasteiger partial charge in [-0.05, 0) is 12.8 Å². The summed E-state index contributed by atoms with van der Waals surface area (Å²) in [4.78, 5) is 26.0. The first kappa shape index (κ1) is 14.7. The van der Waals surface area contributed by atoms with Crippen molar-refractivity contribution in [2.75, 3.05) is 0 Å². The average Bonchev–Trinajstić information content (AvgIpc) is 2.66. The standard InChI is InChI=1S/C14H18BN2O3/c1-8-9(2)13(20-10(8)3)17-7-11(5-6-15-4)12(18)16-14(17)19/h7-10,13H,1-4H3,(H,16,18,19). The molecule has 0 saturated carbocycles. The zero-order valence-electron chi connectivity index (χ0n) is 12.1. The molecule has 1 N–H and O–H groups in total. The van der Waals surface area contributed by atoms with E-state index in [1.807, 2.05) is 13.8 Å². The van der Waals surface area contributed by atoms with Crippen molar-refractivity contribution in [1.82, 2.24) is 9.55 Å². The molecular formula is C14H18BN2O3. The number of H-pyrrole nitrogens is 1. The van der Waals surface area contributed by atoms with E-state index < -0.39 is 11.2 Å². The van der Waals surface area contributed by atoms with Gasteiger partial charge in [-0.3, -0.25) is 14.3 Å². The molecule has 0 aromatic carbocycles. The van der Waals surface area contributed by atoms with Crippen molar-refractivity contribution in [2.24, 2.45) is 11.8 Å². The highest BCUT2D eigenvalue weighted by atomic mass is 16.5. The molecule has 2 heterocycles. The third kappa shape index (κ3) is 2.59. The van der Waals surface area contributed by atoms with Crippen LogP contribution >= 0.6 is 0 Å². The molecule has 5 nitrogen and oxygen atoms in total. The van der Waals surface area contributed by atoms with Crippen molar-refractivity contribution >= 4 is 7.28 Å². The van der Waals surface area contributed by atoms with Crippen LogP contribution in [0.2, 0.25) is 6.82 Å². The Hall–Kier alpha value is -1.74. The second-order valence-electron chi connectivity index (χ2n) is 5.22. The second kappa shape index (κ2) is 5.72. The first-order valence-electron chi connectivity index (χ1n) is 6.76. The van der Waals surface area contributed by atoms with Gasteiger partial charge < -0.3 is 4.74 Å². The van der Waals surface area contributed by atoms with Crippen LogP contribution in [-0.4, -0.2) is 22.9 Å². The molecule has 1 saturated heterocycles. The van der Waals surface area contributed by atoms with Crippen molar-refractivity contribution < 1.29 is 4.74 Å². The lowest BCUT2D eigenvalue weighted by atomic mass is 9.84. The first-order valence-corrected chi connectivity index (χ1v) is 6.76. The molecule has 1 aromatic heterocycles. The van der Waals surface area contributed by atoms with Gasteiger partial charge in [0, 0.05) is 12.1 Å². The molecule has 0 amide bonds. The summed E-state index contributed by atoms with van der Waals surface area (Å²) in [7, 11) is 1.65. The quantitative estimate of drug-likeness (QED) is 0.607. The molecule has 0 spiro atoms. The topological polar surface area (TPSA) is 64.1 Å². The summed E-state index contributed by atoms with van der Waals surface area (Å²) in [5.74, 6) is 5.98. The van der Waals surface area contributed by atoms with Crippen LogP contribution in [0.5, 0.6) is 0 Å². The minimum Gasteiger partial charge on any atom is -0.354 e. The monoisotopic (exact) mass is 273 g/mol. The fraction of sp³-hybridized carbons (Fsp3) is 0.571. The number of hydrogen-bond donors (Lipinski definition) is 1. The van der Waals surface area contributed by atoms with Gasteiger partial charge >= 0.3 is 5.69 Å². The summed E-state index contributed by atoms with van der Waals surface area (Å²) in [5.41, 5.74) is -0.655. The van der Waals surface area contributed by atoms with Crippen molar-refractivity contribution in [3.8, 4) is 11.7 Å². The molecule has 1 aromatic rings. The van der Waals surface area contributed by atoms with E-state index in [4.69, 9.17) is 4.74 Å². The van der Waals surface area contributed by atoms with E-state index in [1.165, 1.54) is 10.8 Å². The smallest absolute Gasteiger partial charge is 0.330 e. The van der Waals surface area contributed by atoms with E-state index in [0.29, 0.717) is 5.92 Å². The Labute approximate surface area is 118 Å². The highest BCUT2D eigenvalue weighted by molar-refractivity contribution is 6.44. The number of aromatic amines is 1. The Morgan fingerprint density at radius 3 is 2.55 bits per heavy atom. The number of ether oxygens (including phenoxy) is 1. The Morgan fingerprint density at radius 2 is 2.00 bits per heavy atom. The predicted octanol–water partition coefficient (Wildman–Crippen LogP) is 0.787. The first-order chi connectivity index (χ1) is 9.45. The van der Waals surface area contributed by atoms with E-state index in [9.17, 15) is 9.59 Å². The van der Waals surface area contributed by atoms with Gasteiger partial charge in [-0.1, -0.05) is 26.6 Å². The van der Waals surface area contributed by atoms with Gasteiger partial charge in [0.15, 0.2) is 0 Å². The molecule has 1 aliphatic rings. The zero-order chi connectivity index (χ0) is 14.9. The maximum Gasteiger partial charge on any atom is 0.330 e. The van der Waals surface area contributed by atoms with Gasteiger partial charge in [0.2, 0.25) is 7.28 Å². The largest absolute Gasteiger partial charge is 0.354 e. The maximum absolute atomic E-state index is 12.0. The molecule has 20 heavy (non-hydrogen) atoms. The summed E-state index contributed by atoms with van der Waals surface area (Å²) in [6, 6.07) is 0. The van der Waals surface area contributed by atoms with Crippen molar-refractivity contribution in [1.29, 1.82) is 0 Å². The molecule has 0 bridgehead atoms. The minimum atomic E-state index is -0.465. The van der Waals surface area contributed by atoms with Crippen LogP contribution < -0.4 is 11.2 Å². The van der Waals surface area contributed by atoms with Crippen LogP contribution in [0.15, 0.2) is 15.8 Å². The van der Waals surface area contributed by atoms with Gasteiger partial charge in [0.05, 0.1) is 6.10 Å². The predicted molar refractivity (Wildman–Crippen MR) is 77.7 cm³/mol. The van der Waals surface area contributed by atoms with Gasteiger partial charge in [0.1, 0.15) is 11.8 Å². The van der Waals surface area contributed by atoms with E-state index in [2.05, 4.69) is 23.6 Å². The summed E-state index contributed by atoms with van der Waals surface area (Å²) in [6.45, 7) is 7.91. The van der Waals surface area contributed by atoms with Crippen LogP contribution in [0, 0.1) is 23.6 Å². The summed E-state index contributed by atoms with van der Waals surface area (Å²) in [5, 5.41) is 0. The van der Waals surface area contributed by atoms with Crippen LogP contribution in [0.4, 0.5) is 0 Å². The van der Waals surface area contributed by atoms with Crippen LogP contribution in [0.3, 0.4) is 0 Å². The molecule has 0 aliphatic carbocycles. The normalized spacial score (nSPS) is 28.8. The molecule has 4 unspecified atom stereocenters. The average molecular weight is 273 g/mol. The fourth-order valence-corrected chi connectivity index (χ4v) is 2.39. The summed E-state index contributed by atoms with van der Waals surface area (Å²) in [6.07, 6.45) is 1.20. The van der Waals surface area contributed by atoms with Gasteiger partial charge in [-0.15, -0.1) is 0 Å². The van der Waals surface area contributed by atoms with E-state index in [0.717, 1.165) is 0 Å². The number of rotatable bonds is 1. The van der Waals surface area contributed by atoms with E-state index >= 15 is 0 Å². The number of nitrogens with zero attached hydrogens (tertiary/aromatic N) is 1. The molecule has 4 atom stereocenters. The SMILES string of the molecule is C[B]C#Cc1cn(C2OC(C)C(C)C2C)c(=O)[nH]c1=O. The molecule has 2 rings (SSSR count).